The van der Waals surface area contributed by atoms with Crippen molar-refractivity contribution in [3.05, 3.63) is 72.1 Å². The number of nitrogens with one attached hydrogen (secondary N) is 2. The molecule has 1 aliphatic rings. The highest BCUT2D eigenvalue weighted by Crippen LogP contribution is 2.34. The summed E-state index contributed by atoms with van der Waals surface area (Å²) in [6.45, 7) is 1.85. The molecule has 3 aromatic rings. The van der Waals surface area contributed by atoms with Crippen LogP contribution >= 0.6 is 0 Å². The van der Waals surface area contributed by atoms with E-state index in [1.807, 2.05) is 25.1 Å². The van der Waals surface area contributed by atoms with E-state index in [4.69, 9.17) is 0 Å². The Morgan fingerprint density at radius 3 is 2.76 bits per heavy atom. The van der Waals surface area contributed by atoms with Gasteiger partial charge in [-0.15, -0.1) is 0 Å². The van der Waals surface area contributed by atoms with Gasteiger partial charge in [0.15, 0.2) is 0 Å². The standard InChI is InChI=1S/C17H15N7O/c1-11-14(16(25)23-13-4-2-3-7-19-13)15(12-5-8-18-9-6-12)24-17(22-11)20-10-21-24/h2-10,15H,1H3,(H,19,23,25)(H,20,21,22). The van der Waals surface area contributed by atoms with Crippen molar-refractivity contribution in [1.29, 1.82) is 0 Å². The fourth-order valence-electron chi connectivity index (χ4n) is 2.86. The van der Waals surface area contributed by atoms with Gasteiger partial charge in [0.1, 0.15) is 18.2 Å². The van der Waals surface area contributed by atoms with Crippen LogP contribution in [0.15, 0.2) is 66.5 Å². The lowest BCUT2D eigenvalue weighted by Gasteiger charge is -2.28. The van der Waals surface area contributed by atoms with E-state index < -0.39 is 6.04 Å². The molecule has 25 heavy (non-hydrogen) atoms. The SMILES string of the molecule is CC1=C(C(=O)Nc2ccccn2)C(c2ccncc2)n2ncnc2N1. The molecule has 0 bridgehead atoms. The molecule has 0 spiro atoms. The fraction of sp³-hybridized carbons (Fsp3) is 0.118. The normalized spacial score (nSPS) is 16.1. The monoisotopic (exact) mass is 333 g/mol. The highest BCUT2D eigenvalue weighted by Gasteiger charge is 2.33. The maximum atomic E-state index is 13.0. The molecular formula is C17H15N7O. The van der Waals surface area contributed by atoms with Gasteiger partial charge < -0.3 is 10.6 Å². The zero-order valence-electron chi connectivity index (χ0n) is 13.4. The Hall–Kier alpha value is -3.55. The number of aromatic nitrogens is 5. The second-order valence-electron chi connectivity index (χ2n) is 5.54. The Kier molecular flexibility index (Phi) is 3.70. The maximum Gasteiger partial charge on any atom is 0.257 e. The summed E-state index contributed by atoms with van der Waals surface area (Å²) in [6.07, 6.45) is 6.48. The molecule has 3 aromatic heterocycles. The highest BCUT2D eigenvalue weighted by atomic mass is 16.1. The van der Waals surface area contributed by atoms with Crippen molar-refractivity contribution in [1.82, 2.24) is 24.7 Å². The number of fused-ring (bicyclic) bond motifs is 1. The lowest BCUT2D eigenvalue weighted by atomic mass is 9.96. The van der Waals surface area contributed by atoms with Crippen molar-refractivity contribution >= 4 is 17.7 Å². The van der Waals surface area contributed by atoms with Gasteiger partial charge in [0.25, 0.3) is 5.91 Å². The summed E-state index contributed by atoms with van der Waals surface area (Å²) >= 11 is 0. The van der Waals surface area contributed by atoms with Gasteiger partial charge in [-0.05, 0) is 36.8 Å². The number of hydrogen-bond acceptors (Lipinski definition) is 6. The molecule has 1 unspecified atom stereocenters. The first-order valence-corrected chi connectivity index (χ1v) is 7.73. The van der Waals surface area contributed by atoms with Gasteiger partial charge in [-0.2, -0.15) is 10.1 Å². The third-order valence-electron chi connectivity index (χ3n) is 3.97. The third kappa shape index (κ3) is 2.74. The van der Waals surface area contributed by atoms with Crippen LogP contribution in [0.5, 0.6) is 0 Å². The average Bonchev–Trinajstić information content (AvgIpc) is 3.10. The molecule has 4 rings (SSSR count). The number of nitrogens with zero attached hydrogens (tertiary/aromatic N) is 5. The van der Waals surface area contributed by atoms with E-state index in [9.17, 15) is 4.79 Å². The van der Waals surface area contributed by atoms with Gasteiger partial charge in [0.05, 0.1) is 5.57 Å². The van der Waals surface area contributed by atoms with Crippen LogP contribution < -0.4 is 10.6 Å². The molecule has 0 fully saturated rings. The van der Waals surface area contributed by atoms with Crippen molar-refractivity contribution in [2.45, 2.75) is 13.0 Å². The van der Waals surface area contributed by atoms with Crippen LogP contribution in [0.2, 0.25) is 0 Å². The van der Waals surface area contributed by atoms with E-state index in [2.05, 4.69) is 30.7 Å². The molecule has 1 aliphatic heterocycles. The molecule has 4 heterocycles. The molecule has 8 heteroatoms. The first kappa shape index (κ1) is 15.0. The fourth-order valence-corrected chi connectivity index (χ4v) is 2.86. The number of rotatable bonds is 3. The van der Waals surface area contributed by atoms with Crippen LogP contribution in [-0.4, -0.2) is 30.6 Å². The summed E-state index contributed by atoms with van der Waals surface area (Å²) in [6, 6.07) is 8.69. The molecule has 0 saturated heterocycles. The van der Waals surface area contributed by atoms with Crippen molar-refractivity contribution in [3.63, 3.8) is 0 Å². The average molecular weight is 333 g/mol. The van der Waals surface area contributed by atoms with Crippen LogP contribution in [-0.2, 0) is 4.79 Å². The Morgan fingerprint density at radius 1 is 1.16 bits per heavy atom. The molecule has 0 saturated carbocycles. The van der Waals surface area contributed by atoms with Gasteiger partial charge in [-0.25, -0.2) is 9.67 Å². The van der Waals surface area contributed by atoms with Crippen LogP contribution in [0.4, 0.5) is 11.8 Å². The summed E-state index contributed by atoms with van der Waals surface area (Å²) in [4.78, 5) is 25.4. The first-order chi connectivity index (χ1) is 12.2. The van der Waals surface area contributed by atoms with E-state index in [0.29, 0.717) is 17.3 Å². The Bertz CT molecular complexity index is 934. The summed E-state index contributed by atoms with van der Waals surface area (Å²) in [5, 5.41) is 10.2. The van der Waals surface area contributed by atoms with Gasteiger partial charge in [-0.1, -0.05) is 6.07 Å². The summed E-state index contributed by atoms with van der Waals surface area (Å²) in [5.74, 6) is 0.839. The van der Waals surface area contributed by atoms with Gasteiger partial charge in [0, 0.05) is 24.3 Å². The Balaban J connectivity index is 1.77. The summed E-state index contributed by atoms with van der Waals surface area (Å²) in [5.41, 5.74) is 2.17. The number of hydrogen-bond donors (Lipinski definition) is 2. The lowest BCUT2D eigenvalue weighted by molar-refractivity contribution is -0.113. The highest BCUT2D eigenvalue weighted by molar-refractivity contribution is 6.05. The lowest BCUT2D eigenvalue weighted by Crippen LogP contribution is -2.31. The van der Waals surface area contributed by atoms with E-state index in [1.54, 1.807) is 35.4 Å². The van der Waals surface area contributed by atoms with Gasteiger partial charge in [-0.3, -0.25) is 9.78 Å². The van der Waals surface area contributed by atoms with E-state index >= 15 is 0 Å². The number of allylic oxidation sites excluding steroid dienone is 1. The van der Waals surface area contributed by atoms with Crippen LogP contribution in [0, 0.1) is 0 Å². The molecule has 0 aromatic carbocycles. The van der Waals surface area contributed by atoms with Crippen molar-refractivity contribution < 1.29 is 4.79 Å². The predicted octanol–water partition coefficient (Wildman–Crippen LogP) is 2.00. The number of carbonyl (C=O) groups excluding carboxylic acids is 1. The topological polar surface area (TPSA) is 97.6 Å². The minimum atomic E-state index is -0.398. The van der Waals surface area contributed by atoms with Gasteiger partial charge in [0.2, 0.25) is 5.95 Å². The minimum Gasteiger partial charge on any atom is -0.328 e. The smallest absolute Gasteiger partial charge is 0.257 e. The Morgan fingerprint density at radius 2 is 2.00 bits per heavy atom. The minimum absolute atomic E-state index is 0.244. The molecule has 1 atom stereocenters. The molecule has 1 amide bonds. The number of pyridine rings is 2. The second kappa shape index (κ2) is 6.16. The van der Waals surface area contributed by atoms with Gasteiger partial charge >= 0.3 is 0 Å². The molecule has 124 valence electrons. The molecule has 0 radical (unpaired) electrons. The second-order valence-corrected chi connectivity index (χ2v) is 5.54. The van der Waals surface area contributed by atoms with Crippen LogP contribution in [0.1, 0.15) is 18.5 Å². The number of anilines is 2. The predicted molar refractivity (Wildman–Crippen MR) is 91.6 cm³/mol. The molecule has 2 N–H and O–H groups in total. The van der Waals surface area contributed by atoms with Crippen molar-refractivity contribution in [2.75, 3.05) is 10.6 Å². The molecule has 0 aliphatic carbocycles. The summed E-state index contributed by atoms with van der Waals surface area (Å²) in [7, 11) is 0. The number of amides is 1. The first-order valence-electron chi connectivity index (χ1n) is 7.73. The van der Waals surface area contributed by atoms with Crippen LogP contribution in [0.25, 0.3) is 0 Å². The number of carbonyl (C=O) groups is 1. The van der Waals surface area contributed by atoms with Crippen molar-refractivity contribution in [3.8, 4) is 0 Å². The zero-order valence-corrected chi connectivity index (χ0v) is 13.4. The largest absolute Gasteiger partial charge is 0.328 e. The van der Waals surface area contributed by atoms with Crippen molar-refractivity contribution in [2.24, 2.45) is 0 Å². The molecular weight excluding hydrogens is 318 g/mol. The molecule has 8 nitrogen and oxygen atoms in total. The zero-order chi connectivity index (χ0) is 17.2. The van der Waals surface area contributed by atoms with E-state index in [0.717, 1.165) is 11.3 Å². The summed E-state index contributed by atoms with van der Waals surface area (Å²) < 4.78 is 1.69. The van der Waals surface area contributed by atoms with E-state index in [1.165, 1.54) is 6.33 Å². The maximum absolute atomic E-state index is 13.0. The Labute approximate surface area is 143 Å². The third-order valence-corrected chi connectivity index (χ3v) is 3.97. The van der Waals surface area contributed by atoms with Crippen LogP contribution in [0.3, 0.4) is 0 Å². The van der Waals surface area contributed by atoms with E-state index in [-0.39, 0.29) is 5.91 Å². The quantitative estimate of drug-likeness (QED) is 0.761.